The zero-order valence-corrected chi connectivity index (χ0v) is 21.9. The van der Waals surface area contributed by atoms with Gasteiger partial charge in [-0.3, -0.25) is 9.59 Å². The number of hydrogen-bond acceptors (Lipinski definition) is 6. The van der Waals surface area contributed by atoms with Gasteiger partial charge >= 0.3 is 0 Å². The van der Waals surface area contributed by atoms with Gasteiger partial charge in [0.25, 0.3) is 5.91 Å². The quantitative estimate of drug-likeness (QED) is 0.431. The number of hydrazone groups is 1. The molecule has 0 bridgehead atoms. The van der Waals surface area contributed by atoms with Gasteiger partial charge < -0.3 is 10.1 Å². The molecule has 0 saturated heterocycles. The number of thioether (sulfide) groups is 1. The van der Waals surface area contributed by atoms with Crippen molar-refractivity contribution >= 4 is 51.7 Å². The molecule has 2 aliphatic heterocycles. The van der Waals surface area contributed by atoms with Crippen LogP contribution in [0.3, 0.4) is 0 Å². The molecule has 0 fully saturated rings. The standard InChI is InChI=1S/C28H25ClN4O3S/c1-17-4-3-5-21(14-17)30-26(34)16-25-27(35)31-28(37-25)33-24(19-8-12-22(36-2)13-9-19)15-23(32-33)18-6-10-20(29)11-7-18/h3-14,24-25H,15-16H2,1-2H3,(H,30,34)/t24-,25-/m1/s1. The zero-order chi connectivity index (χ0) is 25.9. The molecule has 37 heavy (non-hydrogen) atoms. The van der Waals surface area contributed by atoms with Crippen LogP contribution in [0.1, 0.15) is 35.6 Å². The Morgan fingerprint density at radius 2 is 1.89 bits per heavy atom. The fourth-order valence-electron chi connectivity index (χ4n) is 4.30. The number of carbonyl (C=O) groups excluding carboxylic acids is 2. The Hall–Kier alpha value is -3.62. The number of anilines is 1. The van der Waals surface area contributed by atoms with Crippen molar-refractivity contribution in [1.29, 1.82) is 0 Å². The minimum Gasteiger partial charge on any atom is -0.497 e. The minimum absolute atomic E-state index is 0.0270. The maximum atomic E-state index is 12.8. The Labute approximate surface area is 224 Å². The molecular weight excluding hydrogens is 508 g/mol. The Bertz CT molecular complexity index is 1390. The van der Waals surface area contributed by atoms with Crippen molar-refractivity contribution in [2.45, 2.75) is 31.1 Å². The van der Waals surface area contributed by atoms with Crippen LogP contribution in [0.25, 0.3) is 0 Å². The predicted molar refractivity (Wildman–Crippen MR) is 148 cm³/mol. The number of aliphatic imine (C=N–C) groups is 1. The number of carbonyl (C=O) groups is 2. The first kappa shape index (κ1) is 25.0. The molecule has 188 valence electrons. The van der Waals surface area contributed by atoms with Gasteiger partial charge in [-0.05, 0) is 60.0 Å². The van der Waals surface area contributed by atoms with E-state index in [1.54, 1.807) is 12.1 Å². The Morgan fingerprint density at radius 1 is 1.14 bits per heavy atom. The van der Waals surface area contributed by atoms with Crippen LogP contribution >= 0.6 is 23.4 Å². The summed E-state index contributed by atoms with van der Waals surface area (Å²) in [4.78, 5) is 29.8. The average molecular weight is 533 g/mol. The van der Waals surface area contributed by atoms with Crippen LogP contribution in [-0.4, -0.2) is 40.1 Å². The maximum Gasteiger partial charge on any atom is 0.262 e. The molecule has 0 aromatic heterocycles. The Kier molecular flexibility index (Phi) is 7.30. The second kappa shape index (κ2) is 10.8. The Balaban J connectivity index is 1.35. The van der Waals surface area contributed by atoms with Crippen molar-refractivity contribution in [1.82, 2.24) is 5.01 Å². The lowest BCUT2D eigenvalue weighted by molar-refractivity contribution is -0.121. The number of aryl methyl sites for hydroxylation is 1. The molecule has 2 atom stereocenters. The highest BCUT2D eigenvalue weighted by Gasteiger charge is 2.39. The molecule has 2 amide bonds. The van der Waals surface area contributed by atoms with E-state index in [0.717, 1.165) is 28.2 Å². The molecule has 3 aromatic rings. The number of benzene rings is 3. The van der Waals surface area contributed by atoms with E-state index in [1.807, 2.05) is 79.7 Å². The number of rotatable bonds is 6. The highest BCUT2D eigenvalue weighted by Crippen LogP contribution is 2.39. The number of hydrogen-bond donors (Lipinski definition) is 1. The molecule has 0 saturated carbocycles. The normalized spacial score (nSPS) is 19.0. The molecule has 0 spiro atoms. The van der Waals surface area contributed by atoms with Gasteiger partial charge in [0.15, 0.2) is 5.17 Å². The Morgan fingerprint density at radius 3 is 2.59 bits per heavy atom. The molecule has 0 aliphatic carbocycles. The monoisotopic (exact) mass is 532 g/mol. The summed E-state index contributed by atoms with van der Waals surface area (Å²) in [5.74, 6) is 0.198. The molecule has 1 N–H and O–H groups in total. The smallest absolute Gasteiger partial charge is 0.262 e. The maximum absolute atomic E-state index is 12.8. The van der Waals surface area contributed by atoms with Gasteiger partial charge in [-0.1, -0.05) is 59.8 Å². The lowest BCUT2D eigenvalue weighted by Gasteiger charge is -2.23. The highest BCUT2D eigenvalue weighted by atomic mass is 35.5. The molecule has 0 unspecified atom stereocenters. The van der Waals surface area contributed by atoms with Gasteiger partial charge in [0, 0.05) is 23.6 Å². The molecule has 0 radical (unpaired) electrons. The van der Waals surface area contributed by atoms with Crippen molar-refractivity contribution in [3.05, 3.63) is 94.5 Å². The minimum atomic E-state index is -0.605. The number of amidine groups is 1. The summed E-state index contributed by atoms with van der Waals surface area (Å²) >= 11 is 7.36. The molecule has 9 heteroatoms. The van der Waals surface area contributed by atoms with E-state index in [9.17, 15) is 9.59 Å². The fraction of sp³-hybridized carbons (Fsp3) is 0.214. The first-order valence-electron chi connectivity index (χ1n) is 11.8. The lowest BCUT2D eigenvalue weighted by Crippen LogP contribution is -2.25. The van der Waals surface area contributed by atoms with Gasteiger partial charge in [-0.25, -0.2) is 5.01 Å². The van der Waals surface area contributed by atoms with E-state index in [4.69, 9.17) is 21.4 Å². The van der Waals surface area contributed by atoms with Crippen LogP contribution in [0.2, 0.25) is 5.02 Å². The summed E-state index contributed by atoms with van der Waals surface area (Å²) in [5, 5.41) is 10.1. The van der Waals surface area contributed by atoms with E-state index < -0.39 is 5.25 Å². The van der Waals surface area contributed by atoms with E-state index in [1.165, 1.54) is 11.8 Å². The van der Waals surface area contributed by atoms with Crippen molar-refractivity contribution < 1.29 is 14.3 Å². The van der Waals surface area contributed by atoms with Crippen LogP contribution in [0.15, 0.2) is 82.9 Å². The number of nitrogens with one attached hydrogen (secondary N) is 1. The van der Waals surface area contributed by atoms with E-state index in [0.29, 0.717) is 22.3 Å². The summed E-state index contributed by atoms with van der Waals surface area (Å²) in [6.45, 7) is 1.96. The molecule has 5 rings (SSSR count). The van der Waals surface area contributed by atoms with E-state index in [2.05, 4.69) is 10.3 Å². The number of halogens is 1. The third-order valence-corrected chi connectivity index (χ3v) is 7.58. The second-order valence-corrected chi connectivity index (χ2v) is 10.5. The van der Waals surface area contributed by atoms with Crippen molar-refractivity contribution in [3.8, 4) is 5.75 Å². The SMILES string of the molecule is COc1ccc([C@H]2CC(c3ccc(Cl)cc3)=NN2C2=NC(=O)[C@@H](CC(=O)Nc3cccc(C)c3)S2)cc1. The van der Waals surface area contributed by atoms with Gasteiger partial charge in [0.2, 0.25) is 5.91 Å². The van der Waals surface area contributed by atoms with Crippen molar-refractivity contribution in [2.75, 3.05) is 12.4 Å². The van der Waals surface area contributed by atoms with Crippen LogP contribution in [0.4, 0.5) is 5.69 Å². The van der Waals surface area contributed by atoms with Gasteiger partial charge in [0.1, 0.15) is 11.0 Å². The molecule has 2 heterocycles. The summed E-state index contributed by atoms with van der Waals surface area (Å²) in [6, 6.07) is 22.7. The number of nitrogens with zero attached hydrogens (tertiary/aromatic N) is 3. The molecule has 7 nitrogen and oxygen atoms in total. The molecular formula is C28H25ClN4O3S. The topological polar surface area (TPSA) is 83.4 Å². The lowest BCUT2D eigenvalue weighted by atomic mass is 9.98. The summed E-state index contributed by atoms with van der Waals surface area (Å²) in [5.41, 5.74) is 4.59. The third-order valence-electron chi connectivity index (χ3n) is 6.19. The molecule has 3 aromatic carbocycles. The highest BCUT2D eigenvalue weighted by molar-refractivity contribution is 8.15. The number of ether oxygens (including phenoxy) is 1. The zero-order valence-electron chi connectivity index (χ0n) is 20.3. The predicted octanol–water partition coefficient (Wildman–Crippen LogP) is 5.83. The largest absolute Gasteiger partial charge is 0.497 e. The fourth-order valence-corrected chi connectivity index (χ4v) is 5.48. The van der Waals surface area contributed by atoms with Crippen LogP contribution in [0.5, 0.6) is 5.75 Å². The number of amides is 2. The van der Waals surface area contributed by atoms with Gasteiger partial charge in [-0.15, -0.1) is 0 Å². The van der Waals surface area contributed by atoms with Crippen LogP contribution < -0.4 is 10.1 Å². The van der Waals surface area contributed by atoms with Gasteiger partial charge in [0.05, 0.1) is 18.9 Å². The van der Waals surface area contributed by atoms with E-state index >= 15 is 0 Å². The van der Waals surface area contributed by atoms with Gasteiger partial charge in [-0.2, -0.15) is 10.1 Å². The summed E-state index contributed by atoms with van der Waals surface area (Å²) in [7, 11) is 1.63. The first-order valence-corrected chi connectivity index (χ1v) is 13.1. The third kappa shape index (κ3) is 5.70. The summed E-state index contributed by atoms with van der Waals surface area (Å²) < 4.78 is 5.31. The number of methoxy groups -OCH3 is 1. The second-order valence-electron chi connectivity index (χ2n) is 8.85. The van der Waals surface area contributed by atoms with Crippen molar-refractivity contribution in [2.24, 2.45) is 10.1 Å². The van der Waals surface area contributed by atoms with Crippen molar-refractivity contribution in [3.63, 3.8) is 0 Å². The van der Waals surface area contributed by atoms with Crippen LogP contribution in [0, 0.1) is 6.92 Å². The first-order chi connectivity index (χ1) is 17.9. The molecule has 2 aliphatic rings. The van der Waals surface area contributed by atoms with E-state index in [-0.39, 0.29) is 24.3 Å². The summed E-state index contributed by atoms with van der Waals surface area (Å²) in [6.07, 6.45) is 0.652. The van der Waals surface area contributed by atoms with Crippen LogP contribution in [-0.2, 0) is 9.59 Å². The average Bonchev–Trinajstić information content (AvgIpc) is 3.48.